The number of hydrogen-bond acceptors (Lipinski definition) is 3. The molecule has 5 nitrogen and oxygen atoms in total. The van der Waals surface area contributed by atoms with Crippen LogP contribution < -0.4 is 4.74 Å². The number of hydrogen-bond donors (Lipinski definition) is 0. The number of pyridine rings is 1. The zero-order chi connectivity index (χ0) is 35.2. The lowest BCUT2D eigenvalue weighted by Gasteiger charge is -2.19. The molecule has 0 fully saturated rings. The highest BCUT2D eigenvalue weighted by molar-refractivity contribution is 6.09. The van der Waals surface area contributed by atoms with Gasteiger partial charge in [-0.15, -0.1) is 0 Å². The lowest BCUT2D eigenvalue weighted by Crippen LogP contribution is -2.05. The minimum atomic E-state index is 0.362. The van der Waals surface area contributed by atoms with Gasteiger partial charge >= 0.3 is 0 Å². The van der Waals surface area contributed by atoms with E-state index in [1.165, 1.54) is 52.3 Å². The SMILES string of the molecule is Cc1cc(Oc2ccc3c4cc(C(C)CCCC(C)(C)C)ccc4n(-c4cc(C)ccn4)c3c2)cc(-n2nc(C)c(-c3ccccc3)c2C)c1. The van der Waals surface area contributed by atoms with Crippen LogP contribution in [0.5, 0.6) is 11.5 Å². The standard InChI is InChI=1S/C45H48N4O/c1-29-20-22-46-43(25-29)48-41-19-16-35(31(3)13-12-21-45(6,7)8)26-40(41)39-18-17-37(28-42(39)48)50-38-24-30(2)23-36(27-38)49-33(5)44(32(4)47-49)34-14-10-9-11-15-34/h9-11,14-20,22-28,31H,12-13,21H2,1-8H3. The summed E-state index contributed by atoms with van der Waals surface area (Å²) in [5.41, 5.74) is 11.7. The monoisotopic (exact) mass is 660 g/mol. The van der Waals surface area contributed by atoms with Crippen molar-refractivity contribution in [1.82, 2.24) is 19.3 Å². The molecule has 7 aromatic rings. The Bertz CT molecular complexity index is 2320. The zero-order valence-corrected chi connectivity index (χ0v) is 30.7. The number of nitrogens with zero attached hydrogens (tertiary/aromatic N) is 4. The van der Waals surface area contributed by atoms with E-state index in [9.17, 15) is 0 Å². The minimum Gasteiger partial charge on any atom is -0.457 e. The van der Waals surface area contributed by atoms with Gasteiger partial charge in [-0.3, -0.25) is 4.57 Å². The molecule has 0 saturated carbocycles. The highest BCUT2D eigenvalue weighted by Crippen LogP contribution is 2.38. The average Bonchev–Trinajstić information content (AvgIpc) is 3.56. The van der Waals surface area contributed by atoms with Crippen molar-refractivity contribution in [2.75, 3.05) is 0 Å². The Morgan fingerprint density at radius 3 is 2.30 bits per heavy atom. The summed E-state index contributed by atoms with van der Waals surface area (Å²) in [6, 6.07) is 34.4. The third-order valence-corrected chi connectivity index (χ3v) is 9.89. The number of rotatable bonds is 9. The van der Waals surface area contributed by atoms with Crippen LogP contribution in [-0.2, 0) is 0 Å². The first kappa shape index (κ1) is 33.3. The second kappa shape index (κ2) is 13.3. The molecule has 0 N–H and O–H groups in total. The van der Waals surface area contributed by atoms with E-state index in [1.54, 1.807) is 0 Å². The summed E-state index contributed by atoms with van der Waals surface area (Å²) in [4.78, 5) is 4.83. The summed E-state index contributed by atoms with van der Waals surface area (Å²) in [6.07, 6.45) is 5.54. The molecule has 0 bridgehead atoms. The van der Waals surface area contributed by atoms with E-state index in [4.69, 9.17) is 14.8 Å². The van der Waals surface area contributed by atoms with Crippen molar-refractivity contribution >= 4 is 21.8 Å². The van der Waals surface area contributed by atoms with Gasteiger partial charge < -0.3 is 4.74 Å². The van der Waals surface area contributed by atoms with Crippen molar-refractivity contribution in [1.29, 1.82) is 0 Å². The fraction of sp³-hybridized carbons (Fsp3) is 0.289. The topological polar surface area (TPSA) is 44.9 Å². The van der Waals surface area contributed by atoms with Crippen LogP contribution in [0.3, 0.4) is 0 Å². The number of ether oxygens (including phenoxy) is 1. The van der Waals surface area contributed by atoms with Gasteiger partial charge in [0.1, 0.15) is 17.3 Å². The molecule has 254 valence electrons. The molecule has 0 aliphatic rings. The second-order valence-corrected chi connectivity index (χ2v) is 15.3. The van der Waals surface area contributed by atoms with Crippen LogP contribution in [0.1, 0.15) is 81.0 Å². The summed E-state index contributed by atoms with van der Waals surface area (Å²) in [5, 5.41) is 7.40. The molecule has 7 rings (SSSR count). The van der Waals surface area contributed by atoms with Crippen molar-refractivity contribution in [3.8, 4) is 34.1 Å². The first-order chi connectivity index (χ1) is 23.9. The second-order valence-electron chi connectivity index (χ2n) is 15.3. The van der Waals surface area contributed by atoms with E-state index < -0.39 is 0 Å². The number of fused-ring (bicyclic) bond motifs is 3. The molecule has 3 aromatic heterocycles. The van der Waals surface area contributed by atoms with Crippen LogP contribution in [0.15, 0.2) is 103 Å². The average molecular weight is 661 g/mol. The smallest absolute Gasteiger partial charge is 0.137 e. The summed E-state index contributed by atoms with van der Waals surface area (Å²) in [6.45, 7) is 17.8. The summed E-state index contributed by atoms with van der Waals surface area (Å²) >= 11 is 0. The molecule has 0 radical (unpaired) electrons. The maximum atomic E-state index is 6.66. The van der Waals surface area contributed by atoms with Gasteiger partial charge in [0.15, 0.2) is 0 Å². The Hall–Kier alpha value is -5.16. The van der Waals surface area contributed by atoms with Gasteiger partial charge in [-0.2, -0.15) is 5.10 Å². The van der Waals surface area contributed by atoms with Gasteiger partial charge in [-0.1, -0.05) is 70.5 Å². The van der Waals surface area contributed by atoms with E-state index in [1.807, 2.05) is 23.0 Å². The molecule has 4 aromatic carbocycles. The molecule has 0 saturated heterocycles. The minimum absolute atomic E-state index is 0.362. The molecule has 1 unspecified atom stereocenters. The first-order valence-electron chi connectivity index (χ1n) is 17.9. The largest absolute Gasteiger partial charge is 0.457 e. The van der Waals surface area contributed by atoms with E-state index in [-0.39, 0.29) is 0 Å². The lowest BCUT2D eigenvalue weighted by atomic mass is 9.86. The van der Waals surface area contributed by atoms with Crippen LogP contribution in [0.25, 0.3) is 44.4 Å². The lowest BCUT2D eigenvalue weighted by molar-refractivity contribution is 0.354. The molecule has 5 heteroatoms. The predicted molar refractivity (Wildman–Crippen MR) is 208 cm³/mol. The molecule has 0 aliphatic heterocycles. The van der Waals surface area contributed by atoms with Gasteiger partial charge in [-0.05, 0) is 123 Å². The van der Waals surface area contributed by atoms with Crippen molar-refractivity contribution in [2.24, 2.45) is 5.41 Å². The quantitative estimate of drug-likeness (QED) is 0.155. The molecule has 1 atom stereocenters. The Balaban J connectivity index is 1.27. The summed E-state index contributed by atoms with van der Waals surface area (Å²) in [7, 11) is 0. The van der Waals surface area contributed by atoms with Crippen LogP contribution in [0.2, 0.25) is 0 Å². The normalized spacial score (nSPS) is 12.6. The summed E-state index contributed by atoms with van der Waals surface area (Å²) in [5.74, 6) is 2.95. The third-order valence-electron chi connectivity index (χ3n) is 9.89. The number of aryl methyl sites for hydroxylation is 3. The molecule has 0 aliphatic carbocycles. The highest BCUT2D eigenvalue weighted by Gasteiger charge is 2.19. The maximum Gasteiger partial charge on any atom is 0.137 e. The van der Waals surface area contributed by atoms with Crippen LogP contribution in [0, 0.1) is 33.1 Å². The van der Waals surface area contributed by atoms with Crippen molar-refractivity contribution in [3.05, 3.63) is 131 Å². The van der Waals surface area contributed by atoms with Gasteiger partial charge in [0.2, 0.25) is 0 Å². The van der Waals surface area contributed by atoms with E-state index >= 15 is 0 Å². The number of aromatic nitrogens is 4. The van der Waals surface area contributed by atoms with Crippen LogP contribution in [0.4, 0.5) is 0 Å². The van der Waals surface area contributed by atoms with E-state index in [2.05, 4.69) is 145 Å². The fourth-order valence-electron chi connectivity index (χ4n) is 7.35. The van der Waals surface area contributed by atoms with Gasteiger partial charge in [0, 0.05) is 40.4 Å². The highest BCUT2D eigenvalue weighted by atomic mass is 16.5. The first-order valence-corrected chi connectivity index (χ1v) is 17.9. The predicted octanol–water partition coefficient (Wildman–Crippen LogP) is 12.4. The van der Waals surface area contributed by atoms with E-state index in [0.29, 0.717) is 11.3 Å². The Morgan fingerprint density at radius 1 is 0.740 bits per heavy atom. The molecule has 3 heterocycles. The fourth-order valence-corrected chi connectivity index (χ4v) is 7.35. The Morgan fingerprint density at radius 2 is 1.54 bits per heavy atom. The number of benzene rings is 4. The van der Waals surface area contributed by atoms with Gasteiger partial charge in [-0.25, -0.2) is 9.67 Å². The van der Waals surface area contributed by atoms with Crippen molar-refractivity contribution in [2.45, 2.75) is 80.6 Å². The zero-order valence-electron chi connectivity index (χ0n) is 30.7. The maximum absolute atomic E-state index is 6.66. The third kappa shape index (κ3) is 6.69. The Labute approximate surface area is 296 Å². The van der Waals surface area contributed by atoms with Crippen molar-refractivity contribution < 1.29 is 4.74 Å². The van der Waals surface area contributed by atoms with Crippen LogP contribution >= 0.6 is 0 Å². The summed E-state index contributed by atoms with van der Waals surface area (Å²) < 4.78 is 11.0. The molecular formula is C45H48N4O. The molecule has 0 amide bonds. The molecule has 0 spiro atoms. The van der Waals surface area contributed by atoms with E-state index in [0.717, 1.165) is 51.0 Å². The molecule has 50 heavy (non-hydrogen) atoms. The molecular weight excluding hydrogens is 613 g/mol. The van der Waals surface area contributed by atoms with Gasteiger partial charge in [0.05, 0.1) is 22.4 Å². The van der Waals surface area contributed by atoms with Gasteiger partial charge in [0.25, 0.3) is 0 Å². The van der Waals surface area contributed by atoms with Crippen LogP contribution in [-0.4, -0.2) is 19.3 Å². The Kier molecular flexibility index (Phi) is 8.86. The van der Waals surface area contributed by atoms with Crippen molar-refractivity contribution in [3.63, 3.8) is 0 Å².